The summed E-state index contributed by atoms with van der Waals surface area (Å²) in [5, 5.41) is 4.75. The number of furan rings is 1. The lowest BCUT2D eigenvalue weighted by Crippen LogP contribution is -2.16. The van der Waals surface area contributed by atoms with Crippen LogP contribution in [0.3, 0.4) is 0 Å². The van der Waals surface area contributed by atoms with Crippen LogP contribution < -0.4 is 14.9 Å². The molecular weight excluding hydrogens is 524 g/mol. The van der Waals surface area contributed by atoms with E-state index in [-0.39, 0.29) is 12.4 Å². The van der Waals surface area contributed by atoms with Crippen molar-refractivity contribution in [2.45, 2.75) is 0 Å². The Morgan fingerprint density at radius 2 is 1.97 bits per heavy atom. The number of methoxy groups -OCH3 is 2. The lowest BCUT2D eigenvalue weighted by atomic mass is 10.2. The van der Waals surface area contributed by atoms with Crippen LogP contribution in [-0.2, 0) is 9.53 Å². The van der Waals surface area contributed by atoms with Gasteiger partial charge < -0.3 is 18.6 Å². The van der Waals surface area contributed by atoms with Crippen molar-refractivity contribution in [3.05, 3.63) is 56.7 Å². The maximum absolute atomic E-state index is 12.3. The average molecular weight is 540 g/mol. The fraction of sp³-hybridized carbons (Fsp3) is 0.150. The fourth-order valence-corrected chi connectivity index (χ4v) is 3.44. The van der Waals surface area contributed by atoms with Crippen LogP contribution in [0.5, 0.6) is 11.5 Å². The number of benzene rings is 2. The number of nitrogens with one attached hydrogen (secondary N) is 1. The molecule has 1 amide bonds. The summed E-state index contributed by atoms with van der Waals surface area (Å²) in [5.41, 5.74) is 3.64. The Morgan fingerprint density at radius 3 is 2.70 bits per heavy atom. The molecule has 1 aromatic heterocycles. The van der Waals surface area contributed by atoms with Gasteiger partial charge in [0.25, 0.3) is 0 Å². The summed E-state index contributed by atoms with van der Waals surface area (Å²) in [6, 6.07) is 10.4. The zero-order chi connectivity index (χ0) is 21.7. The van der Waals surface area contributed by atoms with Gasteiger partial charge in [-0.15, -0.1) is 0 Å². The third-order valence-electron chi connectivity index (χ3n) is 3.90. The number of carbonyl (C=O) groups excluding carboxylic acids is 2. The Morgan fingerprint density at radius 1 is 1.17 bits per heavy atom. The Balaban J connectivity index is 1.70. The van der Waals surface area contributed by atoms with Crippen molar-refractivity contribution in [1.29, 1.82) is 0 Å². The Hall–Kier alpha value is -2.85. The van der Waals surface area contributed by atoms with Crippen LogP contribution in [0.2, 0.25) is 0 Å². The van der Waals surface area contributed by atoms with Gasteiger partial charge in [-0.2, -0.15) is 5.10 Å². The van der Waals surface area contributed by atoms with E-state index in [4.69, 9.17) is 13.9 Å². The number of rotatable bonds is 7. The molecule has 0 saturated heterocycles. The van der Waals surface area contributed by atoms with E-state index in [1.165, 1.54) is 20.4 Å². The summed E-state index contributed by atoms with van der Waals surface area (Å²) in [7, 11) is 2.74. The van der Waals surface area contributed by atoms with E-state index in [0.717, 1.165) is 9.86 Å². The highest BCUT2D eigenvalue weighted by molar-refractivity contribution is 9.10. The Bertz CT molecular complexity index is 1130. The number of hydrogen-bond acceptors (Lipinski definition) is 7. The maximum atomic E-state index is 12.3. The molecule has 0 atom stereocenters. The first-order valence-corrected chi connectivity index (χ1v) is 10.1. The maximum Gasteiger partial charge on any atom is 0.343 e. The zero-order valence-electron chi connectivity index (χ0n) is 15.9. The highest BCUT2D eigenvalue weighted by Crippen LogP contribution is 2.36. The number of ether oxygens (including phenoxy) is 3. The molecule has 0 radical (unpaired) electrons. The quantitative estimate of drug-likeness (QED) is 0.273. The van der Waals surface area contributed by atoms with Gasteiger partial charge in [-0.25, -0.2) is 10.2 Å². The number of amides is 1. The minimum Gasteiger partial charge on any atom is -0.493 e. The van der Waals surface area contributed by atoms with Crippen molar-refractivity contribution in [2.75, 3.05) is 20.8 Å². The van der Waals surface area contributed by atoms with Gasteiger partial charge in [-0.1, -0.05) is 15.9 Å². The van der Waals surface area contributed by atoms with Gasteiger partial charge in [0.2, 0.25) is 0 Å². The van der Waals surface area contributed by atoms with Crippen molar-refractivity contribution in [3.8, 4) is 11.5 Å². The first-order chi connectivity index (χ1) is 14.4. The predicted octanol–water partition coefficient (Wildman–Crippen LogP) is 4.28. The van der Waals surface area contributed by atoms with E-state index >= 15 is 0 Å². The topological polar surface area (TPSA) is 99.4 Å². The number of hydrogen-bond donors (Lipinski definition) is 1. The monoisotopic (exact) mass is 538 g/mol. The molecule has 0 aliphatic rings. The van der Waals surface area contributed by atoms with Gasteiger partial charge in [0.05, 0.1) is 24.9 Å². The Labute approximate surface area is 188 Å². The molecule has 0 saturated carbocycles. The van der Waals surface area contributed by atoms with Crippen LogP contribution in [0.15, 0.2) is 54.9 Å². The molecule has 0 unspecified atom stereocenters. The van der Waals surface area contributed by atoms with Crippen molar-refractivity contribution in [2.24, 2.45) is 5.10 Å². The van der Waals surface area contributed by atoms with Crippen LogP contribution in [0.4, 0.5) is 0 Å². The summed E-state index contributed by atoms with van der Waals surface area (Å²) in [5.74, 6) is -0.134. The molecule has 0 aliphatic carbocycles. The minimum absolute atomic E-state index is 0.144. The third-order valence-corrected chi connectivity index (χ3v) is 4.98. The van der Waals surface area contributed by atoms with Gasteiger partial charge >= 0.3 is 11.9 Å². The van der Waals surface area contributed by atoms with Crippen LogP contribution >= 0.6 is 31.9 Å². The Kier molecular flexibility index (Phi) is 7.11. The van der Waals surface area contributed by atoms with Gasteiger partial charge in [0.1, 0.15) is 5.58 Å². The average Bonchev–Trinajstić information content (AvgIpc) is 3.15. The molecule has 1 N–H and O–H groups in total. The molecule has 3 aromatic rings. The summed E-state index contributed by atoms with van der Waals surface area (Å²) in [6.45, 7) is -0.261. The van der Waals surface area contributed by atoms with Gasteiger partial charge in [-0.3, -0.25) is 4.79 Å². The second kappa shape index (κ2) is 9.77. The number of fused-ring (bicyclic) bond motifs is 1. The first-order valence-electron chi connectivity index (χ1n) is 8.51. The lowest BCUT2D eigenvalue weighted by Gasteiger charge is -2.12. The highest BCUT2D eigenvalue weighted by atomic mass is 79.9. The second-order valence-electron chi connectivity index (χ2n) is 5.89. The number of esters is 1. The van der Waals surface area contributed by atoms with Crippen LogP contribution in [0.25, 0.3) is 11.0 Å². The standard InChI is InChI=1S/C20H16Br2N2O6/c1-27-16-6-11(5-14(22)19(16)29-10-18(25)28-2)9-23-24-20(26)17-8-12-7-13(21)3-4-15(12)30-17/h3-9H,10H2,1-2H3,(H,24,26)/b23-9+. The predicted molar refractivity (Wildman–Crippen MR) is 117 cm³/mol. The first kappa shape index (κ1) is 21.8. The largest absolute Gasteiger partial charge is 0.493 e. The molecule has 10 heteroatoms. The molecule has 0 aliphatic heterocycles. The molecule has 2 aromatic carbocycles. The second-order valence-corrected chi connectivity index (χ2v) is 7.66. The molecule has 0 spiro atoms. The van der Waals surface area contributed by atoms with Gasteiger partial charge in [-0.05, 0) is 57.9 Å². The molecule has 30 heavy (non-hydrogen) atoms. The molecule has 1 heterocycles. The summed E-state index contributed by atoms with van der Waals surface area (Å²) < 4.78 is 22.2. The molecule has 0 bridgehead atoms. The van der Waals surface area contributed by atoms with Crippen molar-refractivity contribution >= 4 is 60.9 Å². The smallest absolute Gasteiger partial charge is 0.343 e. The van der Waals surface area contributed by atoms with E-state index < -0.39 is 11.9 Å². The summed E-state index contributed by atoms with van der Waals surface area (Å²) in [6.07, 6.45) is 1.44. The number of halogens is 2. The number of carbonyl (C=O) groups is 2. The van der Waals surface area contributed by atoms with E-state index in [1.807, 2.05) is 12.1 Å². The molecule has 156 valence electrons. The minimum atomic E-state index is -0.518. The molecule has 8 nitrogen and oxygen atoms in total. The van der Waals surface area contributed by atoms with Gasteiger partial charge in [0, 0.05) is 9.86 Å². The zero-order valence-corrected chi connectivity index (χ0v) is 19.1. The van der Waals surface area contributed by atoms with E-state index in [2.05, 4.69) is 47.1 Å². The van der Waals surface area contributed by atoms with Crippen molar-refractivity contribution in [3.63, 3.8) is 0 Å². The molecule has 0 fully saturated rings. The van der Waals surface area contributed by atoms with E-state index in [0.29, 0.717) is 27.1 Å². The number of hydrazone groups is 1. The summed E-state index contributed by atoms with van der Waals surface area (Å²) >= 11 is 6.75. The fourth-order valence-electron chi connectivity index (χ4n) is 2.49. The van der Waals surface area contributed by atoms with E-state index in [9.17, 15) is 9.59 Å². The number of nitrogens with zero attached hydrogens (tertiary/aromatic N) is 1. The molecule has 3 rings (SSSR count). The summed E-state index contributed by atoms with van der Waals surface area (Å²) in [4.78, 5) is 23.6. The van der Waals surface area contributed by atoms with Crippen molar-refractivity contribution in [1.82, 2.24) is 5.43 Å². The SMILES string of the molecule is COC(=O)COc1c(Br)cc(/C=N/NC(=O)c2cc3cc(Br)ccc3o2)cc1OC. The van der Waals surface area contributed by atoms with Crippen molar-refractivity contribution < 1.29 is 28.2 Å². The normalized spacial score (nSPS) is 10.9. The van der Waals surface area contributed by atoms with E-state index in [1.54, 1.807) is 24.3 Å². The van der Waals surface area contributed by atoms with Gasteiger partial charge in [0.15, 0.2) is 23.9 Å². The lowest BCUT2D eigenvalue weighted by molar-refractivity contribution is -0.142. The van der Waals surface area contributed by atoms with Crippen LogP contribution in [0, 0.1) is 0 Å². The van der Waals surface area contributed by atoms with Crippen LogP contribution in [0.1, 0.15) is 16.1 Å². The molecular formula is C20H16Br2N2O6. The van der Waals surface area contributed by atoms with Crippen LogP contribution in [-0.4, -0.2) is 38.9 Å². The third kappa shape index (κ3) is 5.19. The highest BCUT2D eigenvalue weighted by Gasteiger charge is 2.14.